The number of rotatable bonds is 4. The number of carbonyl (C=O) groups excluding carboxylic acids is 2. The average molecular weight is 274 g/mol. The first-order valence-electron chi connectivity index (χ1n) is 5.89. The summed E-state index contributed by atoms with van der Waals surface area (Å²) in [6, 6.07) is 4.69. The summed E-state index contributed by atoms with van der Waals surface area (Å²) in [5.41, 5.74) is 1.28. The Hall–Kier alpha value is -2.63. The quantitative estimate of drug-likeness (QED) is 0.794. The topological polar surface area (TPSA) is 70.4 Å². The van der Waals surface area contributed by atoms with Crippen LogP contribution in [0.5, 0.6) is 11.5 Å². The van der Waals surface area contributed by atoms with E-state index in [9.17, 15) is 9.59 Å². The van der Waals surface area contributed by atoms with Crippen LogP contribution in [0.3, 0.4) is 0 Å². The number of benzene rings is 1. The Morgan fingerprint density at radius 3 is 2.55 bits per heavy atom. The van der Waals surface area contributed by atoms with Crippen molar-refractivity contribution in [1.82, 2.24) is 9.78 Å². The summed E-state index contributed by atoms with van der Waals surface area (Å²) in [5, 5.41) is 4.05. The number of ether oxygens (including phenoxy) is 2. The number of carbonyl (C=O) groups is 2. The van der Waals surface area contributed by atoms with E-state index in [0.29, 0.717) is 23.3 Å². The van der Waals surface area contributed by atoms with E-state index in [1.165, 1.54) is 31.0 Å². The summed E-state index contributed by atoms with van der Waals surface area (Å²) in [6.45, 7) is 1.79. The van der Waals surface area contributed by atoms with E-state index < -0.39 is 0 Å². The second-order valence-corrected chi connectivity index (χ2v) is 4.13. The minimum Gasteiger partial charge on any atom is -0.493 e. The first-order chi connectivity index (χ1) is 9.60. The smallest absolute Gasteiger partial charge is 0.278 e. The minimum atomic E-state index is -0.345. The molecule has 20 heavy (non-hydrogen) atoms. The zero-order valence-electron chi connectivity index (χ0n) is 11.4. The number of aldehydes is 1. The molecule has 0 atom stereocenters. The first-order valence-corrected chi connectivity index (χ1v) is 5.89. The molecule has 0 radical (unpaired) electrons. The van der Waals surface area contributed by atoms with Crippen molar-refractivity contribution in [2.24, 2.45) is 0 Å². The van der Waals surface area contributed by atoms with Gasteiger partial charge in [0.25, 0.3) is 5.91 Å². The van der Waals surface area contributed by atoms with Crippen molar-refractivity contribution >= 4 is 12.2 Å². The Morgan fingerprint density at radius 1 is 1.30 bits per heavy atom. The van der Waals surface area contributed by atoms with Crippen molar-refractivity contribution in [3.8, 4) is 11.5 Å². The molecule has 104 valence electrons. The highest BCUT2D eigenvalue weighted by atomic mass is 16.5. The summed E-state index contributed by atoms with van der Waals surface area (Å²) < 4.78 is 11.5. The van der Waals surface area contributed by atoms with E-state index in [4.69, 9.17) is 9.47 Å². The Bertz CT molecular complexity index is 661. The highest BCUT2D eigenvalue weighted by Gasteiger charge is 2.17. The molecule has 6 heteroatoms. The predicted molar refractivity (Wildman–Crippen MR) is 71.6 cm³/mol. The third-order valence-corrected chi connectivity index (χ3v) is 2.81. The Morgan fingerprint density at radius 2 is 2.05 bits per heavy atom. The van der Waals surface area contributed by atoms with E-state index >= 15 is 0 Å². The molecule has 2 rings (SSSR count). The maximum absolute atomic E-state index is 12.3. The van der Waals surface area contributed by atoms with Gasteiger partial charge in [-0.3, -0.25) is 9.59 Å². The first kappa shape index (κ1) is 13.8. The Labute approximate surface area is 115 Å². The lowest BCUT2D eigenvalue weighted by Crippen LogP contribution is -2.13. The molecule has 1 heterocycles. The molecule has 0 aliphatic rings. The fourth-order valence-electron chi connectivity index (χ4n) is 1.87. The van der Waals surface area contributed by atoms with E-state index in [0.717, 1.165) is 5.69 Å². The maximum atomic E-state index is 12.3. The second-order valence-electron chi connectivity index (χ2n) is 4.13. The average Bonchev–Trinajstić information content (AvgIpc) is 2.91. The lowest BCUT2D eigenvalue weighted by Gasteiger charge is -2.11. The fourth-order valence-corrected chi connectivity index (χ4v) is 1.87. The number of hydrogen-bond acceptors (Lipinski definition) is 5. The van der Waals surface area contributed by atoms with Crippen LogP contribution < -0.4 is 9.47 Å². The Balaban J connectivity index is 2.52. The standard InChI is InChI=1S/C14H14N2O4/c1-9-4-5-16(15-9)14(18)10-6-11(8-17)13(20-3)12(7-10)19-2/h4-8H,1-3H3. The van der Waals surface area contributed by atoms with Gasteiger partial charge in [0, 0.05) is 11.8 Å². The monoisotopic (exact) mass is 274 g/mol. The number of aromatic nitrogens is 2. The zero-order valence-corrected chi connectivity index (χ0v) is 11.4. The van der Waals surface area contributed by atoms with Gasteiger partial charge in [-0.05, 0) is 25.1 Å². The zero-order chi connectivity index (χ0) is 14.7. The molecule has 0 unspecified atom stereocenters. The fraction of sp³-hybridized carbons (Fsp3) is 0.214. The van der Waals surface area contributed by atoms with Gasteiger partial charge in [0.2, 0.25) is 0 Å². The Kier molecular flexibility index (Phi) is 3.84. The van der Waals surface area contributed by atoms with Crippen LogP contribution in [-0.2, 0) is 0 Å². The molecule has 0 saturated carbocycles. The highest BCUT2D eigenvalue weighted by molar-refractivity contribution is 5.98. The van der Waals surface area contributed by atoms with Gasteiger partial charge in [-0.2, -0.15) is 5.10 Å². The van der Waals surface area contributed by atoms with Crippen molar-refractivity contribution in [1.29, 1.82) is 0 Å². The van der Waals surface area contributed by atoms with E-state index in [-0.39, 0.29) is 11.5 Å². The molecule has 0 amide bonds. The van der Waals surface area contributed by atoms with Crippen LogP contribution in [0.1, 0.15) is 26.4 Å². The van der Waals surface area contributed by atoms with Gasteiger partial charge in [0.05, 0.1) is 25.5 Å². The molecule has 2 aromatic rings. The van der Waals surface area contributed by atoms with Crippen molar-refractivity contribution in [2.45, 2.75) is 6.92 Å². The third-order valence-electron chi connectivity index (χ3n) is 2.81. The van der Waals surface area contributed by atoms with Crippen molar-refractivity contribution in [2.75, 3.05) is 14.2 Å². The molecular weight excluding hydrogens is 260 g/mol. The van der Waals surface area contributed by atoms with Crippen LogP contribution >= 0.6 is 0 Å². The molecule has 0 aliphatic heterocycles. The van der Waals surface area contributed by atoms with Gasteiger partial charge in [-0.1, -0.05) is 0 Å². The van der Waals surface area contributed by atoms with Crippen LogP contribution in [0.15, 0.2) is 24.4 Å². The summed E-state index contributed by atoms with van der Waals surface area (Å²) in [6.07, 6.45) is 2.18. The highest BCUT2D eigenvalue weighted by Crippen LogP contribution is 2.31. The lowest BCUT2D eigenvalue weighted by molar-refractivity contribution is 0.0944. The number of methoxy groups -OCH3 is 2. The third kappa shape index (κ3) is 2.40. The molecular formula is C14H14N2O4. The second kappa shape index (κ2) is 5.56. The van der Waals surface area contributed by atoms with E-state index in [1.807, 2.05) is 0 Å². The van der Waals surface area contributed by atoms with Gasteiger partial charge in [0.1, 0.15) is 0 Å². The largest absolute Gasteiger partial charge is 0.493 e. The number of nitrogens with zero attached hydrogens (tertiary/aromatic N) is 2. The van der Waals surface area contributed by atoms with Gasteiger partial charge in [-0.15, -0.1) is 0 Å². The SMILES string of the molecule is COc1cc(C(=O)n2ccc(C)n2)cc(C=O)c1OC. The van der Waals surface area contributed by atoms with Crippen LogP contribution in [0.25, 0.3) is 0 Å². The number of hydrogen-bond donors (Lipinski definition) is 0. The maximum Gasteiger partial charge on any atom is 0.278 e. The molecule has 0 aliphatic carbocycles. The molecule has 0 spiro atoms. The molecule has 1 aromatic carbocycles. The number of aryl methyl sites for hydroxylation is 1. The van der Waals surface area contributed by atoms with Crippen molar-refractivity contribution < 1.29 is 19.1 Å². The summed E-state index contributed by atoms with van der Waals surface area (Å²) in [4.78, 5) is 23.4. The molecule has 0 fully saturated rings. The van der Waals surface area contributed by atoms with Crippen LogP contribution in [0.4, 0.5) is 0 Å². The molecule has 0 saturated heterocycles. The summed E-state index contributed by atoms with van der Waals surface area (Å²) in [5.74, 6) is 0.280. The van der Waals surface area contributed by atoms with Gasteiger partial charge < -0.3 is 9.47 Å². The van der Waals surface area contributed by atoms with Crippen LogP contribution in [-0.4, -0.2) is 36.2 Å². The normalized spacial score (nSPS) is 10.2. The van der Waals surface area contributed by atoms with E-state index in [2.05, 4.69) is 5.10 Å². The summed E-state index contributed by atoms with van der Waals surface area (Å²) >= 11 is 0. The summed E-state index contributed by atoms with van der Waals surface area (Å²) in [7, 11) is 2.88. The molecule has 0 N–H and O–H groups in total. The van der Waals surface area contributed by atoms with Gasteiger partial charge >= 0.3 is 0 Å². The van der Waals surface area contributed by atoms with Crippen LogP contribution in [0.2, 0.25) is 0 Å². The minimum absolute atomic E-state index is 0.249. The molecule has 0 bridgehead atoms. The van der Waals surface area contributed by atoms with Crippen molar-refractivity contribution in [3.05, 3.63) is 41.2 Å². The van der Waals surface area contributed by atoms with Gasteiger partial charge in [0.15, 0.2) is 17.8 Å². The van der Waals surface area contributed by atoms with Crippen LogP contribution in [0, 0.1) is 6.92 Å². The predicted octanol–water partition coefficient (Wildman–Crippen LogP) is 1.71. The molecule has 1 aromatic heterocycles. The molecule has 6 nitrogen and oxygen atoms in total. The van der Waals surface area contributed by atoms with Gasteiger partial charge in [-0.25, -0.2) is 4.68 Å². The van der Waals surface area contributed by atoms with Crippen molar-refractivity contribution in [3.63, 3.8) is 0 Å². The van der Waals surface area contributed by atoms with E-state index in [1.54, 1.807) is 19.2 Å². The lowest BCUT2D eigenvalue weighted by atomic mass is 10.1.